The first-order valence-corrected chi connectivity index (χ1v) is 6.25. The maximum atomic E-state index is 12.5. The highest BCUT2D eigenvalue weighted by Gasteiger charge is 2.47. The molecule has 1 aromatic heterocycles. The van der Waals surface area contributed by atoms with Gasteiger partial charge in [0, 0.05) is 18.5 Å². The van der Waals surface area contributed by atoms with Crippen LogP contribution in [0.1, 0.15) is 25.0 Å². The van der Waals surface area contributed by atoms with Gasteiger partial charge in [-0.1, -0.05) is 18.0 Å². The summed E-state index contributed by atoms with van der Waals surface area (Å²) in [5, 5.41) is -0.324. The molecule has 1 spiro atoms. The minimum Gasteiger partial charge on any atom is -0.369 e. The van der Waals surface area contributed by atoms with Crippen LogP contribution in [0.25, 0.3) is 0 Å². The summed E-state index contributed by atoms with van der Waals surface area (Å²) in [7, 11) is 0. The fourth-order valence-corrected chi connectivity index (χ4v) is 3.02. The highest BCUT2D eigenvalue weighted by Crippen LogP contribution is 2.49. The van der Waals surface area contributed by atoms with Crippen molar-refractivity contribution in [2.24, 2.45) is 5.41 Å². The molecule has 6 heteroatoms. The number of nitrogens with zero attached hydrogens (tertiary/aromatic N) is 2. The summed E-state index contributed by atoms with van der Waals surface area (Å²) in [6, 6.07) is 1.36. The van der Waals surface area contributed by atoms with Gasteiger partial charge in [-0.2, -0.15) is 13.2 Å². The minimum absolute atomic E-state index is 0.324. The maximum Gasteiger partial charge on any atom is 0.434 e. The molecule has 0 radical (unpaired) electrons. The Labute approximate surface area is 108 Å². The zero-order valence-electron chi connectivity index (χ0n) is 9.60. The van der Waals surface area contributed by atoms with E-state index >= 15 is 0 Å². The largest absolute Gasteiger partial charge is 0.434 e. The lowest BCUT2D eigenvalue weighted by Crippen LogP contribution is -2.59. The van der Waals surface area contributed by atoms with Crippen LogP contribution in [0.15, 0.2) is 12.3 Å². The van der Waals surface area contributed by atoms with E-state index in [1.165, 1.54) is 31.5 Å². The van der Waals surface area contributed by atoms with E-state index in [2.05, 4.69) is 4.98 Å². The van der Waals surface area contributed by atoms with Crippen LogP contribution < -0.4 is 4.90 Å². The first-order valence-electron chi connectivity index (χ1n) is 5.87. The summed E-state index contributed by atoms with van der Waals surface area (Å²) in [5.41, 5.74) is 0.104. The number of hydrogen-bond donors (Lipinski definition) is 0. The second kappa shape index (κ2) is 3.76. The fourth-order valence-electron chi connectivity index (χ4n) is 2.75. The molecule has 1 aromatic rings. The monoisotopic (exact) mass is 276 g/mol. The fraction of sp³-hybridized carbons (Fsp3) is 0.583. The molecular weight excluding hydrogens is 265 g/mol. The van der Waals surface area contributed by atoms with Crippen molar-refractivity contribution in [3.63, 3.8) is 0 Å². The summed E-state index contributed by atoms with van der Waals surface area (Å²) < 4.78 is 37.5. The Hall–Kier alpha value is -0.970. The number of alkyl halides is 3. The van der Waals surface area contributed by atoms with Gasteiger partial charge in [-0.25, -0.2) is 4.98 Å². The molecule has 1 aliphatic carbocycles. The molecule has 18 heavy (non-hydrogen) atoms. The molecule has 0 amide bonds. The Morgan fingerprint density at radius 1 is 1.28 bits per heavy atom. The molecule has 2 aliphatic rings. The summed E-state index contributed by atoms with van der Waals surface area (Å²) >= 11 is 5.65. The molecular formula is C12H12ClF3N2. The summed E-state index contributed by atoms with van der Waals surface area (Å²) in [5.74, 6) is 0. The predicted octanol–water partition coefficient (Wildman–Crippen LogP) is 3.74. The van der Waals surface area contributed by atoms with E-state index in [0.29, 0.717) is 11.1 Å². The zero-order chi connectivity index (χ0) is 13.0. The smallest absolute Gasteiger partial charge is 0.369 e. The van der Waals surface area contributed by atoms with Gasteiger partial charge >= 0.3 is 6.18 Å². The second-order valence-corrected chi connectivity index (χ2v) is 5.64. The third kappa shape index (κ3) is 1.85. The van der Waals surface area contributed by atoms with Crippen LogP contribution in [0.3, 0.4) is 0 Å². The van der Waals surface area contributed by atoms with Crippen LogP contribution >= 0.6 is 11.6 Å². The van der Waals surface area contributed by atoms with Crippen molar-refractivity contribution < 1.29 is 13.2 Å². The number of rotatable bonds is 1. The molecule has 0 bridgehead atoms. The minimum atomic E-state index is -4.49. The first kappa shape index (κ1) is 12.1. The van der Waals surface area contributed by atoms with Gasteiger partial charge in [0.2, 0.25) is 0 Å². The maximum absolute atomic E-state index is 12.5. The van der Waals surface area contributed by atoms with Crippen LogP contribution in [0.5, 0.6) is 0 Å². The highest BCUT2D eigenvalue weighted by atomic mass is 35.5. The number of aromatic nitrogens is 1. The Morgan fingerprint density at radius 3 is 2.39 bits per heavy atom. The van der Waals surface area contributed by atoms with Crippen molar-refractivity contribution in [3.8, 4) is 0 Å². The van der Waals surface area contributed by atoms with Gasteiger partial charge in [0.25, 0.3) is 0 Å². The molecule has 1 saturated heterocycles. The van der Waals surface area contributed by atoms with Crippen LogP contribution in [0.2, 0.25) is 5.02 Å². The number of halogens is 4. The zero-order valence-corrected chi connectivity index (χ0v) is 10.4. The van der Waals surface area contributed by atoms with Gasteiger partial charge in [0.15, 0.2) is 5.69 Å². The predicted molar refractivity (Wildman–Crippen MR) is 62.7 cm³/mol. The molecule has 1 saturated carbocycles. The SMILES string of the molecule is FC(F)(F)c1ncc(N2CC3(CCC3)C2)cc1Cl. The Kier molecular flexibility index (Phi) is 2.52. The second-order valence-electron chi connectivity index (χ2n) is 5.23. The van der Waals surface area contributed by atoms with Gasteiger partial charge in [-0.05, 0) is 18.9 Å². The molecule has 98 valence electrons. The summed E-state index contributed by atoms with van der Waals surface area (Å²) in [6.45, 7) is 1.83. The van der Waals surface area contributed by atoms with Gasteiger partial charge < -0.3 is 4.90 Å². The molecule has 0 aromatic carbocycles. The van der Waals surface area contributed by atoms with E-state index in [1.807, 2.05) is 4.90 Å². The molecule has 2 fully saturated rings. The molecule has 2 nitrogen and oxygen atoms in total. The quantitative estimate of drug-likeness (QED) is 0.777. The molecule has 2 heterocycles. The summed E-state index contributed by atoms with van der Waals surface area (Å²) in [6.07, 6.45) is 0.496. The normalized spacial score (nSPS) is 21.7. The lowest BCUT2D eigenvalue weighted by molar-refractivity contribution is -0.141. The van der Waals surface area contributed by atoms with Gasteiger partial charge in [-0.15, -0.1) is 0 Å². The first-order chi connectivity index (χ1) is 8.40. The lowest BCUT2D eigenvalue weighted by atomic mass is 9.63. The molecule has 1 aliphatic heterocycles. The number of anilines is 1. The van der Waals surface area contributed by atoms with E-state index in [-0.39, 0.29) is 5.02 Å². The third-order valence-electron chi connectivity index (χ3n) is 3.93. The highest BCUT2D eigenvalue weighted by molar-refractivity contribution is 6.31. The van der Waals surface area contributed by atoms with E-state index in [1.54, 1.807) is 0 Å². The van der Waals surface area contributed by atoms with Crippen molar-refractivity contribution >= 4 is 17.3 Å². The van der Waals surface area contributed by atoms with Crippen LogP contribution in [-0.4, -0.2) is 18.1 Å². The standard InChI is InChI=1S/C12H12ClF3N2/c13-9-4-8(5-17-10(9)12(14,15)16)18-6-11(7-18)2-1-3-11/h4-5H,1-3,6-7H2. The molecule has 3 rings (SSSR count). The molecule has 0 atom stereocenters. The molecule has 0 unspecified atom stereocenters. The van der Waals surface area contributed by atoms with E-state index in [9.17, 15) is 13.2 Å². The van der Waals surface area contributed by atoms with Crippen molar-refractivity contribution in [2.75, 3.05) is 18.0 Å². The summed E-state index contributed by atoms with van der Waals surface area (Å²) in [4.78, 5) is 5.49. The van der Waals surface area contributed by atoms with Crippen molar-refractivity contribution in [3.05, 3.63) is 23.0 Å². The average Bonchev–Trinajstić information content (AvgIpc) is 2.10. The Balaban J connectivity index is 1.77. The molecule has 0 N–H and O–H groups in total. The topological polar surface area (TPSA) is 16.1 Å². The number of pyridine rings is 1. The van der Waals surface area contributed by atoms with E-state index in [0.717, 1.165) is 13.1 Å². The van der Waals surface area contributed by atoms with Crippen molar-refractivity contribution in [2.45, 2.75) is 25.4 Å². The average molecular weight is 277 g/mol. The van der Waals surface area contributed by atoms with Crippen LogP contribution in [0, 0.1) is 5.41 Å². The third-order valence-corrected chi connectivity index (χ3v) is 4.22. The van der Waals surface area contributed by atoms with Gasteiger partial charge in [0.05, 0.1) is 16.9 Å². The van der Waals surface area contributed by atoms with Crippen molar-refractivity contribution in [1.29, 1.82) is 0 Å². The van der Waals surface area contributed by atoms with Gasteiger partial charge in [-0.3, -0.25) is 0 Å². The van der Waals surface area contributed by atoms with E-state index < -0.39 is 11.9 Å². The Bertz CT molecular complexity index is 475. The van der Waals surface area contributed by atoms with Crippen LogP contribution in [-0.2, 0) is 6.18 Å². The van der Waals surface area contributed by atoms with Crippen molar-refractivity contribution in [1.82, 2.24) is 4.98 Å². The Morgan fingerprint density at radius 2 is 1.94 bits per heavy atom. The van der Waals surface area contributed by atoms with Gasteiger partial charge in [0.1, 0.15) is 0 Å². The van der Waals surface area contributed by atoms with E-state index in [4.69, 9.17) is 11.6 Å². The van der Waals surface area contributed by atoms with Crippen LogP contribution in [0.4, 0.5) is 18.9 Å². The lowest BCUT2D eigenvalue weighted by Gasteiger charge is -2.56. The number of hydrogen-bond acceptors (Lipinski definition) is 2.